The van der Waals surface area contributed by atoms with Crippen molar-refractivity contribution in [3.05, 3.63) is 96.1 Å². The van der Waals surface area contributed by atoms with Crippen molar-refractivity contribution in [2.24, 2.45) is 0 Å². The SMILES string of the molecule is CCC(Sc1nnc(C(C)Oc2ccc(F)cc2)n1-c1ccccc1)C(=O)Nc1cccc(C(C)=O)c1. The number of hydrogen-bond donors (Lipinski definition) is 1. The maximum atomic E-state index is 13.3. The number of hydrogen-bond acceptors (Lipinski definition) is 6. The normalized spacial score (nSPS) is 12.5. The lowest BCUT2D eigenvalue weighted by atomic mass is 10.1. The highest BCUT2D eigenvalue weighted by molar-refractivity contribution is 8.00. The molecule has 0 bridgehead atoms. The minimum atomic E-state index is -0.504. The Hall–Kier alpha value is -3.98. The molecule has 0 spiro atoms. The predicted octanol–water partition coefficient (Wildman–Crippen LogP) is 6.26. The van der Waals surface area contributed by atoms with Gasteiger partial charge in [-0.15, -0.1) is 10.2 Å². The van der Waals surface area contributed by atoms with Crippen molar-refractivity contribution in [1.82, 2.24) is 14.8 Å². The van der Waals surface area contributed by atoms with Crippen LogP contribution in [0.15, 0.2) is 84.0 Å². The Morgan fingerprint density at radius 2 is 1.76 bits per heavy atom. The van der Waals surface area contributed by atoms with E-state index in [0.29, 0.717) is 34.4 Å². The van der Waals surface area contributed by atoms with Gasteiger partial charge in [-0.1, -0.05) is 49.0 Å². The fourth-order valence-corrected chi connectivity index (χ4v) is 4.68. The molecule has 37 heavy (non-hydrogen) atoms. The van der Waals surface area contributed by atoms with Crippen molar-refractivity contribution in [2.45, 2.75) is 43.7 Å². The van der Waals surface area contributed by atoms with E-state index in [0.717, 1.165) is 5.69 Å². The monoisotopic (exact) mass is 518 g/mol. The third kappa shape index (κ3) is 6.42. The molecule has 2 unspecified atom stereocenters. The van der Waals surface area contributed by atoms with Gasteiger partial charge in [0.25, 0.3) is 0 Å². The lowest BCUT2D eigenvalue weighted by Crippen LogP contribution is -2.25. The fraction of sp³-hybridized carbons (Fsp3) is 0.214. The maximum absolute atomic E-state index is 13.3. The summed E-state index contributed by atoms with van der Waals surface area (Å²) < 4.78 is 21.2. The van der Waals surface area contributed by atoms with Gasteiger partial charge in [-0.25, -0.2) is 4.39 Å². The highest BCUT2D eigenvalue weighted by Gasteiger charge is 2.26. The van der Waals surface area contributed by atoms with Gasteiger partial charge in [-0.3, -0.25) is 14.2 Å². The number of benzene rings is 3. The summed E-state index contributed by atoms with van der Waals surface area (Å²) in [6, 6.07) is 22.2. The Kier molecular flexibility index (Phi) is 8.35. The second-order valence-electron chi connectivity index (χ2n) is 8.37. The quantitative estimate of drug-likeness (QED) is 0.197. The molecule has 0 aliphatic rings. The number of para-hydroxylation sites is 1. The molecule has 1 amide bonds. The van der Waals surface area contributed by atoms with Crippen LogP contribution in [0.25, 0.3) is 5.69 Å². The molecule has 4 rings (SSSR count). The molecule has 4 aromatic rings. The number of aromatic nitrogens is 3. The second kappa shape index (κ2) is 11.8. The van der Waals surface area contributed by atoms with Crippen molar-refractivity contribution >= 4 is 29.1 Å². The first kappa shape index (κ1) is 26.1. The summed E-state index contributed by atoms with van der Waals surface area (Å²) in [5.41, 5.74) is 1.91. The molecule has 0 aliphatic carbocycles. The average Bonchev–Trinajstić information content (AvgIpc) is 3.33. The topological polar surface area (TPSA) is 86.1 Å². The summed E-state index contributed by atoms with van der Waals surface area (Å²) in [4.78, 5) is 24.9. The molecule has 1 aromatic heterocycles. The van der Waals surface area contributed by atoms with Gasteiger partial charge in [0.05, 0.1) is 5.25 Å². The van der Waals surface area contributed by atoms with E-state index in [1.165, 1.54) is 30.8 Å². The Balaban J connectivity index is 1.59. The number of thioether (sulfide) groups is 1. The largest absolute Gasteiger partial charge is 0.483 e. The molecule has 0 saturated heterocycles. The number of carbonyl (C=O) groups is 2. The molecule has 1 N–H and O–H groups in total. The number of anilines is 1. The number of Topliss-reactive ketones (excluding diaryl/α,β-unsaturated/α-hetero) is 1. The molecule has 0 fully saturated rings. The van der Waals surface area contributed by atoms with Crippen LogP contribution in [0.4, 0.5) is 10.1 Å². The first-order valence-electron chi connectivity index (χ1n) is 11.9. The summed E-state index contributed by atoms with van der Waals surface area (Å²) in [5, 5.41) is 11.8. The highest BCUT2D eigenvalue weighted by atomic mass is 32.2. The molecule has 3 aromatic carbocycles. The molecular weight excluding hydrogens is 491 g/mol. The lowest BCUT2D eigenvalue weighted by Gasteiger charge is -2.18. The van der Waals surface area contributed by atoms with Crippen LogP contribution in [-0.4, -0.2) is 31.7 Å². The first-order valence-corrected chi connectivity index (χ1v) is 12.7. The Labute approximate surface area is 219 Å². The first-order chi connectivity index (χ1) is 17.9. The molecular formula is C28H27FN4O3S. The van der Waals surface area contributed by atoms with Gasteiger partial charge in [0.1, 0.15) is 11.6 Å². The number of nitrogens with zero attached hydrogens (tertiary/aromatic N) is 3. The standard InChI is InChI=1S/C28H27FN4O3S/c1-4-25(27(35)30-22-10-8-9-20(17-22)18(2)34)37-28-32-31-26(33(28)23-11-6-5-7-12-23)19(3)36-24-15-13-21(29)14-16-24/h5-17,19,25H,4H2,1-3H3,(H,30,35). The van der Waals surface area contributed by atoms with E-state index in [4.69, 9.17) is 4.74 Å². The zero-order valence-electron chi connectivity index (χ0n) is 20.7. The smallest absolute Gasteiger partial charge is 0.237 e. The van der Waals surface area contributed by atoms with Crippen molar-refractivity contribution in [2.75, 3.05) is 5.32 Å². The van der Waals surface area contributed by atoms with Crippen LogP contribution in [0.1, 0.15) is 49.5 Å². The van der Waals surface area contributed by atoms with Gasteiger partial charge in [0, 0.05) is 16.9 Å². The fourth-order valence-electron chi connectivity index (χ4n) is 3.70. The number of carbonyl (C=O) groups excluding carboxylic acids is 2. The molecule has 190 valence electrons. The minimum Gasteiger partial charge on any atom is -0.483 e. The summed E-state index contributed by atoms with van der Waals surface area (Å²) in [6.07, 6.45) is 0.0392. The van der Waals surface area contributed by atoms with Crippen molar-refractivity contribution < 1.29 is 18.7 Å². The number of ketones is 1. The third-order valence-corrected chi connectivity index (χ3v) is 6.92. The van der Waals surface area contributed by atoms with Gasteiger partial charge < -0.3 is 10.1 Å². The van der Waals surface area contributed by atoms with E-state index >= 15 is 0 Å². The zero-order valence-corrected chi connectivity index (χ0v) is 21.5. The van der Waals surface area contributed by atoms with Gasteiger partial charge in [-0.05, 0) is 68.8 Å². The van der Waals surface area contributed by atoms with E-state index < -0.39 is 11.4 Å². The number of halogens is 1. The van der Waals surface area contributed by atoms with Crippen molar-refractivity contribution in [1.29, 1.82) is 0 Å². The van der Waals surface area contributed by atoms with E-state index in [-0.39, 0.29) is 17.5 Å². The van der Waals surface area contributed by atoms with Gasteiger partial charge in [0.15, 0.2) is 22.9 Å². The van der Waals surface area contributed by atoms with Crippen molar-refractivity contribution in [3.8, 4) is 11.4 Å². The summed E-state index contributed by atoms with van der Waals surface area (Å²) in [7, 11) is 0. The average molecular weight is 519 g/mol. The third-order valence-electron chi connectivity index (χ3n) is 5.61. The predicted molar refractivity (Wildman–Crippen MR) is 142 cm³/mol. The summed E-state index contributed by atoms with van der Waals surface area (Å²) >= 11 is 1.30. The molecule has 0 radical (unpaired) electrons. The lowest BCUT2D eigenvalue weighted by molar-refractivity contribution is -0.115. The molecule has 1 heterocycles. The van der Waals surface area contributed by atoms with Crippen LogP contribution in [0.5, 0.6) is 5.75 Å². The number of nitrogens with one attached hydrogen (secondary N) is 1. The van der Waals surface area contributed by atoms with Crippen LogP contribution in [0, 0.1) is 5.82 Å². The van der Waals surface area contributed by atoms with Gasteiger partial charge in [0.2, 0.25) is 5.91 Å². The van der Waals surface area contributed by atoms with Crippen LogP contribution in [0.3, 0.4) is 0 Å². The molecule has 9 heteroatoms. The minimum absolute atomic E-state index is 0.0713. The molecule has 0 saturated carbocycles. The van der Waals surface area contributed by atoms with Crippen molar-refractivity contribution in [3.63, 3.8) is 0 Å². The Bertz CT molecular complexity index is 1380. The highest BCUT2D eigenvalue weighted by Crippen LogP contribution is 2.31. The van der Waals surface area contributed by atoms with Crippen LogP contribution < -0.4 is 10.1 Å². The molecule has 0 aliphatic heterocycles. The van der Waals surface area contributed by atoms with Crippen LogP contribution in [-0.2, 0) is 4.79 Å². The Morgan fingerprint density at radius 1 is 1.03 bits per heavy atom. The van der Waals surface area contributed by atoms with E-state index in [2.05, 4.69) is 15.5 Å². The Morgan fingerprint density at radius 3 is 2.43 bits per heavy atom. The number of ether oxygens (including phenoxy) is 1. The van der Waals surface area contributed by atoms with E-state index in [1.807, 2.05) is 48.7 Å². The van der Waals surface area contributed by atoms with Crippen LogP contribution in [0.2, 0.25) is 0 Å². The summed E-state index contributed by atoms with van der Waals surface area (Å²) in [5.74, 6) is 0.431. The van der Waals surface area contributed by atoms with E-state index in [1.54, 1.807) is 36.4 Å². The van der Waals surface area contributed by atoms with Gasteiger partial charge in [-0.2, -0.15) is 0 Å². The number of amides is 1. The van der Waals surface area contributed by atoms with Crippen LogP contribution >= 0.6 is 11.8 Å². The summed E-state index contributed by atoms with van der Waals surface area (Å²) in [6.45, 7) is 5.25. The zero-order chi connectivity index (χ0) is 26.4. The van der Waals surface area contributed by atoms with E-state index in [9.17, 15) is 14.0 Å². The molecule has 7 nitrogen and oxygen atoms in total. The second-order valence-corrected chi connectivity index (χ2v) is 9.54. The number of rotatable bonds is 10. The maximum Gasteiger partial charge on any atom is 0.237 e. The molecule has 2 atom stereocenters. The van der Waals surface area contributed by atoms with Gasteiger partial charge >= 0.3 is 0 Å².